The second-order valence-corrected chi connectivity index (χ2v) is 34.1. The van der Waals surface area contributed by atoms with E-state index in [9.17, 15) is 0 Å². The van der Waals surface area contributed by atoms with Crippen LogP contribution in [0.3, 0.4) is 0 Å². The van der Waals surface area contributed by atoms with E-state index in [1.807, 2.05) is 215 Å². The van der Waals surface area contributed by atoms with Gasteiger partial charge in [-0.15, -0.1) is 70.6 Å². The number of hydrogen-bond acceptors (Lipinski definition) is 16. The Morgan fingerprint density at radius 2 is 0.529 bits per heavy atom. The van der Waals surface area contributed by atoms with Crippen LogP contribution in [0.1, 0.15) is 26.7 Å². The summed E-state index contributed by atoms with van der Waals surface area (Å²) in [6.07, 6.45) is 17.0. The van der Waals surface area contributed by atoms with E-state index in [1.54, 1.807) is 47.0 Å². The molecule has 87 heavy (non-hydrogen) atoms. The van der Waals surface area contributed by atoms with Gasteiger partial charge in [0.15, 0.2) is 0 Å². The smallest absolute Gasteiger partial charge is 2.00 e. The zero-order valence-electron chi connectivity index (χ0n) is 46.3. The molecule has 31 heteroatoms. The van der Waals surface area contributed by atoms with Gasteiger partial charge in [-0.25, -0.2) is 0 Å². The fraction of sp³-hybridized carbons (Fsp3) is 0.286. The Morgan fingerprint density at radius 3 is 0.701 bits per heavy atom. The molecule has 482 valence electrons. The largest absolute Gasteiger partial charge is 6.00 e. The topological polar surface area (TPSA) is 276 Å². The Bertz CT molecular complexity index is 2380. The van der Waals surface area contributed by atoms with Crippen LogP contribution < -0.4 is 21.3 Å². The van der Waals surface area contributed by atoms with Crippen molar-refractivity contribution in [1.29, 1.82) is 0 Å². The monoisotopic (exact) mass is 2040 g/mol. The quantitative estimate of drug-likeness (QED) is 0.0941. The summed E-state index contributed by atoms with van der Waals surface area (Å²) in [6, 6.07) is 39.9. The van der Waals surface area contributed by atoms with E-state index >= 15 is 0 Å². The predicted molar refractivity (Wildman–Crippen MR) is 381 cm³/mol. The second-order valence-electron chi connectivity index (χ2n) is 15.4. The summed E-state index contributed by atoms with van der Waals surface area (Å²) in [5, 5.41) is 13.7. The number of thioether (sulfide) groups is 12. The average molecular weight is 2040 g/mol. The Morgan fingerprint density at radius 1 is 0.322 bits per heavy atom. The van der Waals surface area contributed by atoms with Gasteiger partial charge in [0.05, 0.1) is 33.9 Å². The molecular weight excluding hydrogens is 1990 g/mol. The van der Waals surface area contributed by atoms with Gasteiger partial charge < -0.3 is 77.9 Å². The normalized spacial score (nSPS) is 16.2. The molecule has 4 aromatic rings. The molecule has 0 bridgehead atoms. The van der Waals surface area contributed by atoms with Crippen LogP contribution in [-0.2, 0) is 102 Å². The van der Waals surface area contributed by atoms with E-state index < -0.39 is 0 Å². The molecule has 4 aromatic carbocycles. The van der Waals surface area contributed by atoms with Gasteiger partial charge in [-0.3, -0.25) is 11.8 Å². The molecule has 11 rings (SSSR count). The molecule has 7 heterocycles. The molecule has 0 aromatic heterocycles. The number of halogens is 4. The number of rotatable bonds is 0. The third-order valence-corrected chi connectivity index (χ3v) is 29.3. The van der Waals surface area contributed by atoms with E-state index in [-0.39, 0.29) is 102 Å². The number of hydrogen-bond donors (Lipinski definition) is 4. The van der Waals surface area contributed by atoms with Crippen molar-refractivity contribution in [3.8, 4) is 11.8 Å². The summed E-state index contributed by atoms with van der Waals surface area (Å²) < 4.78 is 16.0. The Labute approximate surface area is 639 Å². The average Bonchev–Trinajstić information content (AvgIpc) is 4.16. The maximum Gasteiger partial charge on any atom is 6.00 e. The molecule has 1 fully saturated rings. The SMILES string of the molecule is Brc1ccccc1.Brc1ccccc1.Brc1ccccc1.Brc1ccccc1.C1CNCCNCCCNCCNC1.[C-]#CC1=C(C)SC(=C2SC3=C(SCCS3)S2)S1.[C-]#CC1=C(C)SC(=C2SC3=C(SCCS3)S2)S1.[Cr+6].[O-2].[O-2].[O-2].[O-2].[O-2].[O-2].[O-2].[O-2].[Re].[Re]. The third kappa shape index (κ3) is 43.7. The van der Waals surface area contributed by atoms with Crippen LogP contribution in [0.4, 0.5) is 0 Å². The first-order valence-electron chi connectivity index (χ1n) is 24.0. The standard InChI is InChI=1S/2C11H7S6.C10H24N4.4C6H5Br.Cr.8O.2Re/c2*1-3-7-6(2)14-10(15-7)11-16-8-9(17-11)13-5-4-12-8;1-3-11-7-9-13-5-2-6-14-10-8-12-4-1;4*7-6-4-2-1-3-5-6;;;;;;;;;;;/h2*4-5H2,2H3;11-14H,1-10H2;4*1-5H;;;;;;;;;;;/q2*-1;;;;;;+6;8*-2;;. The van der Waals surface area contributed by atoms with Crippen LogP contribution in [0, 0.1) is 24.7 Å². The molecule has 4 N–H and O–H groups in total. The maximum atomic E-state index is 7.26. The third-order valence-electron chi connectivity index (χ3n) is 9.56. The Kier molecular flexibility index (Phi) is 75.3. The van der Waals surface area contributed by atoms with Gasteiger partial charge in [0.25, 0.3) is 0 Å². The Balaban J connectivity index is -0.000000174. The Hall–Kier alpha value is 1.94. The summed E-state index contributed by atoms with van der Waals surface area (Å²) in [6.45, 7) is 13.0. The summed E-state index contributed by atoms with van der Waals surface area (Å²) in [5.74, 6) is 9.98. The van der Waals surface area contributed by atoms with Crippen molar-refractivity contribution in [3.63, 3.8) is 0 Å². The maximum absolute atomic E-state index is 7.26. The van der Waals surface area contributed by atoms with E-state index in [0.29, 0.717) is 0 Å². The summed E-state index contributed by atoms with van der Waals surface area (Å²) in [7, 11) is 0. The van der Waals surface area contributed by atoms with Crippen molar-refractivity contribution in [3.05, 3.63) is 206 Å². The van der Waals surface area contributed by atoms with Gasteiger partial charge in [-0.05, 0) is 101 Å². The zero-order chi connectivity index (χ0) is 54.0. The molecule has 0 saturated carbocycles. The van der Waals surface area contributed by atoms with E-state index in [4.69, 9.17) is 12.8 Å². The minimum Gasteiger partial charge on any atom is -2.00 e. The molecular formula is C56H58Br4CrN4O8Re2S12-12. The van der Waals surface area contributed by atoms with Crippen LogP contribution in [0.2, 0.25) is 0 Å². The molecule has 0 spiro atoms. The van der Waals surface area contributed by atoms with Gasteiger partial charge >= 0.3 is 17.4 Å². The summed E-state index contributed by atoms with van der Waals surface area (Å²) in [4.78, 5) is 4.37. The van der Waals surface area contributed by atoms with Crippen molar-refractivity contribution in [2.75, 3.05) is 75.4 Å². The van der Waals surface area contributed by atoms with Gasteiger partial charge in [-0.1, -0.05) is 203 Å². The molecule has 7 aliphatic heterocycles. The second kappa shape index (κ2) is 64.0. The molecule has 0 aliphatic carbocycles. The van der Waals surface area contributed by atoms with Crippen LogP contribution >= 0.6 is 205 Å². The fourth-order valence-corrected chi connectivity index (χ4v) is 24.4. The molecule has 0 atom stereocenters. The molecule has 7 aliphatic rings. The van der Waals surface area contributed by atoms with Gasteiger partial charge in [0.1, 0.15) is 0 Å². The molecule has 12 nitrogen and oxygen atoms in total. The summed E-state index contributed by atoms with van der Waals surface area (Å²) in [5.41, 5.74) is 0. The molecule has 2 radical (unpaired) electrons. The van der Waals surface area contributed by atoms with E-state index in [0.717, 1.165) is 80.1 Å². The minimum absolute atomic E-state index is 0. The van der Waals surface area contributed by atoms with E-state index in [1.165, 1.54) is 79.6 Å². The number of nitrogens with one attached hydrogen (secondary N) is 4. The van der Waals surface area contributed by atoms with Crippen LogP contribution in [0.25, 0.3) is 0 Å². The van der Waals surface area contributed by atoms with Gasteiger partial charge in [-0.2, -0.15) is 23.5 Å². The first-order valence-corrected chi connectivity index (χ1v) is 37.6. The molecule has 1 saturated heterocycles. The fourth-order valence-electron chi connectivity index (χ4n) is 5.93. The first kappa shape index (κ1) is 102. The van der Waals surface area contributed by atoms with Crippen molar-refractivity contribution in [2.45, 2.75) is 26.7 Å². The molecule has 0 amide bonds. The number of allylic oxidation sites excluding steroid dienone is 4. The zero-order valence-corrected chi connectivity index (χ0v) is 69.1. The van der Waals surface area contributed by atoms with Crippen LogP contribution in [-0.4, -0.2) is 75.4 Å². The van der Waals surface area contributed by atoms with Crippen molar-refractivity contribution in [2.24, 2.45) is 0 Å². The van der Waals surface area contributed by atoms with Crippen molar-refractivity contribution in [1.82, 2.24) is 21.3 Å². The molecule has 0 unspecified atom stereocenters. The van der Waals surface area contributed by atoms with Crippen molar-refractivity contribution >= 4 is 205 Å². The van der Waals surface area contributed by atoms with Crippen molar-refractivity contribution < 1.29 is 102 Å². The van der Waals surface area contributed by atoms with Crippen LogP contribution in [0.15, 0.2) is 193 Å². The first-order chi connectivity index (χ1) is 37.1. The van der Waals surface area contributed by atoms with E-state index in [2.05, 4.69) is 111 Å². The summed E-state index contributed by atoms with van der Waals surface area (Å²) >= 11 is 35.8. The minimum atomic E-state index is 0. The number of benzene rings is 4. The van der Waals surface area contributed by atoms with Crippen LogP contribution in [0.5, 0.6) is 0 Å². The van der Waals surface area contributed by atoms with Gasteiger partial charge in [0, 0.05) is 108 Å². The predicted octanol–water partition coefficient (Wildman–Crippen LogP) is 19.0. The van der Waals surface area contributed by atoms with Gasteiger partial charge in [0.2, 0.25) is 0 Å².